The molecule has 2 N–H and O–H groups in total. The van der Waals surface area contributed by atoms with Crippen molar-refractivity contribution in [2.75, 3.05) is 18.4 Å². The van der Waals surface area contributed by atoms with E-state index in [9.17, 15) is 9.59 Å². The number of aromatic nitrogens is 1. The Balaban J connectivity index is 1.46. The fraction of sp³-hybridized carbons (Fsp3) is 0.250. The third-order valence-corrected chi connectivity index (χ3v) is 6.04. The lowest BCUT2D eigenvalue weighted by Crippen LogP contribution is -2.44. The summed E-state index contributed by atoms with van der Waals surface area (Å²) in [5.74, 6) is -1.42. The van der Waals surface area contributed by atoms with Crippen molar-refractivity contribution in [1.29, 1.82) is 0 Å². The third kappa shape index (κ3) is 4.81. The summed E-state index contributed by atoms with van der Waals surface area (Å²) in [4.78, 5) is 27.2. The summed E-state index contributed by atoms with van der Waals surface area (Å²) in [7, 11) is 1.99. The number of aryl methyl sites for hydroxylation is 1. The topological polar surface area (TPSA) is 66.4 Å². The zero-order valence-electron chi connectivity index (χ0n) is 17.3. The Labute approximate surface area is 186 Å². The number of benzene rings is 2. The molecule has 0 fully saturated rings. The van der Waals surface area contributed by atoms with E-state index in [1.807, 2.05) is 19.3 Å². The van der Waals surface area contributed by atoms with Gasteiger partial charge in [0.05, 0.1) is 16.8 Å². The average Bonchev–Trinajstić information content (AvgIpc) is 3.20. The SMILES string of the molecule is Cn1cccc1[C@H](CNC(=O)C(=O)Nc1ccccc1Cl)N1CCc2ccccc2C1. The molecule has 7 heteroatoms. The highest BCUT2D eigenvalue weighted by atomic mass is 35.5. The number of rotatable bonds is 5. The molecule has 1 aromatic heterocycles. The molecule has 2 amide bonds. The Morgan fingerprint density at radius 2 is 1.74 bits per heavy atom. The van der Waals surface area contributed by atoms with E-state index in [1.165, 1.54) is 11.1 Å². The van der Waals surface area contributed by atoms with Crippen LogP contribution in [0.25, 0.3) is 0 Å². The van der Waals surface area contributed by atoms with E-state index in [0.29, 0.717) is 17.3 Å². The molecule has 160 valence electrons. The van der Waals surface area contributed by atoms with Crippen LogP contribution in [0, 0.1) is 0 Å². The Morgan fingerprint density at radius 1 is 1.00 bits per heavy atom. The van der Waals surface area contributed by atoms with Crippen molar-refractivity contribution in [1.82, 2.24) is 14.8 Å². The predicted molar refractivity (Wildman–Crippen MR) is 122 cm³/mol. The van der Waals surface area contributed by atoms with E-state index < -0.39 is 11.8 Å². The van der Waals surface area contributed by atoms with E-state index in [-0.39, 0.29) is 6.04 Å². The highest BCUT2D eigenvalue weighted by Gasteiger charge is 2.27. The van der Waals surface area contributed by atoms with Crippen LogP contribution in [0.15, 0.2) is 66.9 Å². The average molecular weight is 437 g/mol. The van der Waals surface area contributed by atoms with Crippen molar-refractivity contribution in [3.05, 3.63) is 88.7 Å². The van der Waals surface area contributed by atoms with Gasteiger partial charge in [0.2, 0.25) is 0 Å². The van der Waals surface area contributed by atoms with E-state index >= 15 is 0 Å². The van der Waals surface area contributed by atoms with Crippen LogP contribution in [0.3, 0.4) is 0 Å². The highest BCUT2D eigenvalue weighted by molar-refractivity contribution is 6.41. The summed E-state index contributed by atoms with van der Waals surface area (Å²) in [6.07, 6.45) is 2.95. The maximum Gasteiger partial charge on any atom is 0.313 e. The van der Waals surface area contributed by atoms with Crippen LogP contribution in [0.5, 0.6) is 0 Å². The van der Waals surface area contributed by atoms with Gasteiger partial charge in [-0.2, -0.15) is 0 Å². The number of hydrogen-bond donors (Lipinski definition) is 2. The van der Waals surface area contributed by atoms with Crippen LogP contribution in [0.4, 0.5) is 5.69 Å². The fourth-order valence-electron chi connectivity index (χ4n) is 4.04. The standard InChI is InChI=1S/C24H25ClN4O2/c1-28-13-6-11-21(28)22(29-14-12-17-7-2-3-8-18(17)16-29)15-26-23(30)24(31)27-20-10-5-4-9-19(20)25/h2-11,13,22H,12,14-16H2,1H3,(H,26,30)(H,27,31)/t22-/m0/s1. The minimum atomic E-state index is -0.734. The van der Waals surface area contributed by atoms with Crippen LogP contribution in [0.1, 0.15) is 22.9 Å². The van der Waals surface area contributed by atoms with Crippen LogP contribution in [-0.4, -0.2) is 34.4 Å². The fourth-order valence-corrected chi connectivity index (χ4v) is 4.22. The molecule has 0 saturated heterocycles. The summed E-state index contributed by atoms with van der Waals surface area (Å²) in [6.45, 7) is 2.01. The second-order valence-electron chi connectivity index (χ2n) is 7.69. The van der Waals surface area contributed by atoms with E-state index in [4.69, 9.17) is 11.6 Å². The first-order chi connectivity index (χ1) is 15.0. The maximum atomic E-state index is 12.5. The second-order valence-corrected chi connectivity index (χ2v) is 8.10. The lowest BCUT2D eigenvalue weighted by molar-refractivity contribution is -0.136. The van der Waals surface area contributed by atoms with Gasteiger partial charge in [0.1, 0.15) is 0 Å². The molecular weight excluding hydrogens is 412 g/mol. The molecular formula is C24H25ClN4O2. The molecule has 31 heavy (non-hydrogen) atoms. The van der Waals surface area contributed by atoms with E-state index in [1.54, 1.807) is 24.3 Å². The number of carbonyl (C=O) groups excluding carboxylic acids is 2. The predicted octanol–water partition coefficient (Wildman–Crippen LogP) is 3.53. The smallest absolute Gasteiger partial charge is 0.313 e. The molecule has 0 saturated carbocycles. The van der Waals surface area contributed by atoms with Gasteiger partial charge in [-0.1, -0.05) is 48.0 Å². The summed E-state index contributed by atoms with van der Waals surface area (Å²) in [5, 5.41) is 5.77. The summed E-state index contributed by atoms with van der Waals surface area (Å²) >= 11 is 6.07. The molecule has 0 radical (unpaired) electrons. The number of amides is 2. The molecule has 4 rings (SSSR count). The largest absolute Gasteiger partial charge is 0.353 e. The normalized spacial score (nSPS) is 14.5. The van der Waals surface area contributed by atoms with Gasteiger partial charge in [-0.3, -0.25) is 14.5 Å². The molecule has 6 nitrogen and oxygen atoms in total. The van der Waals surface area contributed by atoms with E-state index in [0.717, 1.165) is 25.2 Å². The Bertz CT molecular complexity index is 1090. The summed E-state index contributed by atoms with van der Waals surface area (Å²) in [6, 6.07) is 19.3. The number of hydrogen-bond acceptors (Lipinski definition) is 3. The van der Waals surface area contributed by atoms with Crippen molar-refractivity contribution in [3.8, 4) is 0 Å². The molecule has 3 aromatic rings. The van der Waals surface area contributed by atoms with Crippen molar-refractivity contribution >= 4 is 29.1 Å². The van der Waals surface area contributed by atoms with Crippen LogP contribution in [-0.2, 0) is 29.6 Å². The molecule has 0 aliphatic carbocycles. The van der Waals surface area contributed by atoms with Gasteiger partial charge in [-0.05, 0) is 41.8 Å². The number of fused-ring (bicyclic) bond motifs is 1. The lowest BCUT2D eigenvalue weighted by atomic mass is 9.98. The van der Waals surface area contributed by atoms with Crippen LogP contribution in [0.2, 0.25) is 5.02 Å². The molecule has 1 atom stereocenters. The van der Waals surface area contributed by atoms with Gasteiger partial charge in [-0.15, -0.1) is 0 Å². The molecule has 2 heterocycles. The van der Waals surface area contributed by atoms with Gasteiger partial charge < -0.3 is 15.2 Å². The number of nitrogens with zero attached hydrogens (tertiary/aromatic N) is 2. The Kier molecular flexibility index (Phi) is 6.39. The van der Waals surface area contributed by atoms with Crippen LogP contribution < -0.4 is 10.6 Å². The zero-order valence-corrected chi connectivity index (χ0v) is 18.1. The molecule has 2 aromatic carbocycles. The lowest BCUT2D eigenvalue weighted by Gasteiger charge is -2.36. The van der Waals surface area contributed by atoms with Gasteiger partial charge in [-0.25, -0.2) is 0 Å². The van der Waals surface area contributed by atoms with Gasteiger partial charge in [0, 0.05) is 38.6 Å². The minimum Gasteiger partial charge on any atom is -0.353 e. The van der Waals surface area contributed by atoms with Crippen molar-refractivity contribution < 1.29 is 9.59 Å². The number of para-hydroxylation sites is 1. The number of halogens is 1. The Hall–Kier alpha value is -3.09. The zero-order chi connectivity index (χ0) is 21.8. The quantitative estimate of drug-likeness (QED) is 0.601. The monoisotopic (exact) mass is 436 g/mol. The van der Waals surface area contributed by atoms with Gasteiger partial charge in [0.25, 0.3) is 0 Å². The molecule has 0 spiro atoms. The first-order valence-corrected chi connectivity index (χ1v) is 10.7. The second kappa shape index (κ2) is 9.37. The van der Waals surface area contributed by atoms with E-state index in [2.05, 4.69) is 50.4 Å². The van der Waals surface area contributed by atoms with Crippen molar-refractivity contribution in [3.63, 3.8) is 0 Å². The molecule has 0 unspecified atom stereocenters. The number of nitrogens with one attached hydrogen (secondary N) is 2. The van der Waals surface area contributed by atoms with Crippen molar-refractivity contribution in [2.45, 2.75) is 19.0 Å². The van der Waals surface area contributed by atoms with Gasteiger partial charge >= 0.3 is 11.8 Å². The van der Waals surface area contributed by atoms with Gasteiger partial charge in [0.15, 0.2) is 0 Å². The first kappa shape index (κ1) is 21.2. The van der Waals surface area contributed by atoms with Crippen molar-refractivity contribution in [2.24, 2.45) is 7.05 Å². The third-order valence-electron chi connectivity index (χ3n) is 5.71. The summed E-state index contributed by atoms with van der Waals surface area (Å²) < 4.78 is 2.06. The number of carbonyl (C=O) groups is 2. The molecule has 1 aliphatic rings. The summed E-state index contributed by atoms with van der Waals surface area (Å²) in [5.41, 5.74) is 4.17. The minimum absolute atomic E-state index is 0.0505. The maximum absolute atomic E-state index is 12.5. The number of anilines is 1. The highest BCUT2D eigenvalue weighted by Crippen LogP contribution is 2.28. The molecule has 1 aliphatic heterocycles. The van der Waals surface area contributed by atoms with Crippen LogP contribution >= 0.6 is 11.6 Å². The first-order valence-electron chi connectivity index (χ1n) is 10.3. The Morgan fingerprint density at radius 3 is 2.48 bits per heavy atom. The molecule has 0 bridgehead atoms.